The number of hydrogen-bond acceptors (Lipinski definition) is 4. The molecule has 114 valence electrons. The average Bonchev–Trinajstić information content (AvgIpc) is 2.51. The van der Waals surface area contributed by atoms with Crippen molar-refractivity contribution in [3.05, 3.63) is 58.3 Å². The summed E-state index contributed by atoms with van der Waals surface area (Å²) in [4.78, 5) is 24.5. The number of aliphatic hydroxyl groups is 1. The number of carbonyl (C=O) groups is 1. The fraction of sp³-hybridized carbons (Fsp3) is 0.267. The molecule has 1 saturated carbocycles. The Kier molecular flexibility index (Phi) is 3.72. The van der Waals surface area contributed by atoms with Crippen molar-refractivity contribution in [2.75, 3.05) is 0 Å². The molecular formula is C15H14FN3O3. The largest absolute Gasteiger partial charge is 0.391 e. The number of benzene rings is 1. The van der Waals surface area contributed by atoms with E-state index in [-0.39, 0.29) is 17.3 Å². The van der Waals surface area contributed by atoms with Crippen LogP contribution in [0.1, 0.15) is 23.2 Å². The Labute approximate surface area is 125 Å². The van der Waals surface area contributed by atoms with Crippen LogP contribution in [0.2, 0.25) is 0 Å². The predicted octanol–water partition coefficient (Wildman–Crippen LogP) is 0.625. The zero-order chi connectivity index (χ0) is 15.7. The van der Waals surface area contributed by atoms with E-state index in [1.807, 2.05) is 0 Å². The number of amides is 1. The summed E-state index contributed by atoms with van der Waals surface area (Å²) in [5.74, 6) is -1.07. The first-order valence-corrected chi connectivity index (χ1v) is 6.89. The van der Waals surface area contributed by atoms with E-state index in [1.54, 1.807) is 0 Å². The van der Waals surface area contributed by atoms with E-state index in [0.29, 0.717) is 12.8 Å². The van der Waals surface area contributed by atoms with Crippen LogP contribution in [0.15, 0.2) is 41.3 Å². The van der Waals surface area contributed by atoms with Crippen molar-refractivity contribution >= 4 is 5.91 Å². The maximum atomic E-state index is 13.3. The molecule has 2 atom stereocenters. The van der Waals surface area contributed by atoms with Crippen LogP contribution in [0, 0.1) is 5.82 Å². The summed E-state index contributed by atoms with van der Waals surface area (Å²) in [6.45, 7) is 0. The molecule has 0 bridgehead atoms. The second-order valence-electron chi connectivity index (χ2n) is 5.17. The Hall–Kier alpha value is -2.54. The topological polar surface area (TPSA) is 84.2 Å². The summed E-state index contributed by atoms with van der Waals surface area (Å²) < 4.78 is 14.2. The summed E-state index contributed by atoms with van der Waals surface area (Å²) in [6.07, 6.45) is 2.04. The van der Waals surface area contributed by atoms with E-state index < -0.39 is 23.4 Å². The number of hydrogen-bond donors (Lipinski definition) is 2. The fourth-order valence-electron chi connectivity index (χ4n) is 2.27. The maximum Gasteiger partial charge on any atom is 0.284 e. The summed E-state index contributed by atoms with van der Waals surface area (Å²) in [5, 5.41) is 16.0. The maximum absolute atomic E-state index is 13.3. The van der Waals surface area contributed by atoms with Gasteiger partial charge in [0, 0.05) is 6.20 Å². The Morgan fingerprint density at radius 2 is 2.18 bits per heavy atom. The van der Waals surface area contributed by atoms with E-state index in [2.05, 4.69) is 10.4 Å². The number of nitrogens with one attached hydrogen (secondary N) is 1. The Balaban J connectivity index is 1.92. The van der Waals surface area contributed by atoms with Gasteiger partial charge in [-0.15, -0.1) is 0 Å². The summed E-state index contributed by atoms with van der Waals surface area (Å²) in [7, 11) is 0. The van der Waals surface area contributed by atoms with E-state index in [4.69, 9.17) is 0 Å². The zero-order valence-corrected chi connectivity index (χ0v) is 11.6. The van der Waals surface area contributed by atoms with E-state index in [9.17, 15) is 19.1 Å². The third-order valence-electron chi connectivity index (χ3n) is 3.70. The van der Waals surface area contributed by atoms with Crippen molar-refractivity contribution in [1.29, 1.82) is 0 Å². The first kappa shape index (κ1) is 14.4. The molecule has 0 spiro atoms. The lowest BCUT2D eigenvalue weighted by molar-refractivity contribution is 0.0447. The van der Waals surface area contributed by atoms with Gasteiger partial charge in [0.15, 0.2) is 0 Å². The molecule has 1 amide bonds. The summed E-state index contributed by atoms with van der Waals surface area (Å²) in [5.41, 5.74) is -0.499. The molecular weight excluding hydrogens is 289 g/mol. The van der Waals surface area contributed by atoms with Gasteiger partial charge in [0.1, 0.15) is 11.4 Å². The molecule has 2 aromatic rings. The number of nitrogens with zero attached hydrogens (tertiary/aromatic N) is 2. The van der Waals surface area contributed by atoms with Gasteiger partial charge in [-0.25, -0.2) is 4.39 Å². The Bertz CT molecular complexity index is 775. The molecule has 1 fully saturated rings. The molecule has 1 aliphatic rings. The van der Waals surface area contributed by atoms with Crippen LogP contribution < -0.4 is 10.9 Å². The zero-order valence-electron chi connectivity index (χ0n) is 11.6. The van der Waals surface area contributed by atoms with Crippen molar-refractivity contribution in [3.8, 4) is 5.69 Å². The molecule has 0 unspecified atom stereocenters. The van der Waals surface area contributed by atoms with Crippen molar-refractivity contribution in [2.45, 2.75) is 25.0 Å². The van der Waals surface area contributed by atoms with Crippen LogP contribution >= 0.6 is 0 Å². The van der Waals surface area contributed by atoms with Gasteiger partial charge in [0.2, 0.25) is 0 Å². The molecule has 3 rings (SSSR count). The van der Waals surface area contributed by atoms with Gasteiger partial charge in [-0.1, -0.05) is 6.07 Å². The number of carbonyl (C=O) groups excluding carboxylic acids is 1. The van der Waals surface area contributed by atoms with Gasteiger partial charge >= 0.3 is 0 Å². The van der Waals surface area contributed by atoms with Crippen molar-refractivity contribution in [3.63, 3.8) is 0 Å². The minimum absolute atomic E-state index is 0.0987. The highest BCUT2D eigenvalue weighted by molar-refractivity contribution is 5.94. The van der Waals surface area contributed by atoms with Crippen LogP contribution in [0.4, 0.5) is 4.39 Å². The van der Waals surface area contributed by atoms with Crippen LogP contribution in [-0.4, -0.2) is 32.9 Å². The quantitative estimate of drug-likeness (QED) is 0.871. The van der Waals surface area contributed by atoms with Crippen LogP contribution in [0.25, 0.3) is 5.69 Å². The second-order valence-corrected chi connectivity index (χ2v) is 5.17. The molecule has 1 aliphatic carbocycles. The van der Waals surface area contributed by atoms with E-state index in [1.165, 1.54) is 30.5 Å². The van der Waals surface area contributed by atoms with Gasteiger partial charge in [-0.3, -0.25) is 9.59 Å². The highest BCUT2D eigenvalue weighted by Crippen LogP contribution is 2.19. The molecule has 1 aromatic heterocycles. The van der Waals surface area contributed by atoms with Crippen molar-refractivity contribution < 1.29 is 14.3 Å². The predicted molar refractivity (Wildman–Crippen MR) is 76.3 cm³/mol. The summed E-state index contributed by atoms with van der Waals surface area (Å²) in [6, 6.07) is 6.36. The van der Waals surface area contributed by atoms with Crippen LogP contribution in [-0.2, 0) is 0 Å². The van der Waals surface area contributed by atoms with Gasteiger partial charge in [-0.2, -0.15) is 9.78 Å². The third kappa shape index (κ3) is 2.62. The number of rotatable bonds is 3. The molecule has 0 aliphatic heterocycles. The summed E-state index contributed by atoms with van der Waals surface area (Å²) >= 11 is 0. The molecule has 0 radical (unpaired) electrons. The Morgan fingerprint density at radius 1 is 1.36 bits per heavy atom. The number of aromatic nitrogens is 2. The van der Waals surface area contributed by atoms with Crippen molar-refractivity contribution in [2.24, 2.45) is 0 Å². The lowest BCUT2D eigenvalue weighted by atomic mass is 9.89. The molecule has 1 aromatic carbocycles. The molecule has 7 heteroatoms. The minimum Gasteiger partial charge on any atom is -0.391 e. The van der Waals surface area contributed by atoms with Crippen LogP contribution in [0.3, 0.4) is 0 Å². The Morgan fingerprint density at radius 3 is 2.82 bits per heavy atom. The first-order valence-electron chi connectivity index (χ1n) is 6.89. The van der Waals surface area contributed by atoms with Gasteiger partial charge in [0.05, 0.1) is 17.8 Å². The fourth-order valence-corrected chi connectivity index (χ4v) is 2.27. The van der Waals surface area contributed by atoms with Crippen molar-refractivity contribution in [1.82, 2.24) is 15.1 Å². The van der Waals surface area contributed by atoms with Gasteiger partial charge in [-0.05, 0) is 37.1 Å². The first-order chi connectivity index (χ1) is 10.6. The molecule has 2 N–H and O–H groups in total. The number of halogens is 1. The van der Waals surface area contributed by atoms with Gasteiger partial charge in [0.25, 0.3) is 11.5 Å². The highest BCUT2D eigenvalue weighted by atomic mass is 19.1. The second kappa shape index (κ2) is 5.69. The van der Waals surface area contributed by atoms with E-state index >= 15 is 0 Å². The normalized spacial score (nSPS) is 20.3. The lowest BCUT2D eigenvalue weighted by Crippen LogP contribution is -2.51. The SMILES string of the molecule is O=C(N[C@@H]1CC[C@H]1O)c1ccnn(-c2cccc(F)c2)c1=O. The molecule has 22 heavy (non-hydrogen) atoms. The number of aliphatic hydroxyl groups excluding tert-OH is 1. The highest BCUT2D eigenvalue weighted by Gasteiger charge is 2.31. The average molecular weight is 303 g/mol. The lowest BCUT2D eigenvalue weighted by Gasteiger charge is -2.32. The molecule has 1 heterocycles. The monoisotopic (exact) mass is 303 g/mol. The minimum atomic E-state index is -0.639. The standard InChI is InChI=1S/C15H14FN3O3/c16-9-2-1-3-10(8-9)19-15(22)11(6-7-17-19)14(21)18-12-4-5-13(12)20/h1-3,6-8,12-13,20H,4-5H2,(H,18,21)/t12-,13-/m1/s1. The molecule has 0 saturated heterocycles. The smallest absolute Gasteiger partial charge is 0.284 e. The van der Waals surface area contributed by atoms with E-state index in [0.717, 1.165) is 10.7 Å². The van der Waals surface area contributed by atoms with Crippen LogP contribution in [0.5, 0.6) is 0 Å². The van der Waals surface area contributed by atoms with Gasteiger partial charge < -0.3 is 10.4 Å². The third-order valence-corrected chi connectivity index (χ3v) is 3.70. The molecule has 6 nitrogen and oxygen atoms in total.